The summed E-state index contributed by atoms with van der Waals surface area (Å²) in [5.41, 5.74) is 3.42. The van der Waals surface area contributed by atoms with Crippen LogP contribution in [0.15, 0.2) is 54.0 Å². The number of H-pyrrole nitrogens is 1. The summed E-state index contributed by atoms with van der Waals surface area (Å²) in [7, 11) is 0. The zero-order valence-corrected chi connectivity index (χ0v) is 14.7. The van der Waals surface area contributed by atoms with Crippen LogP contribution >= 0.6 is 11.3 Å². The quantitative estimate of drug-likeness (QED) is 0.711. The number of nitrogens with one attached hydrogen (secondary N) is 2. The van der Waals surface area contributed by atoms with E-state index >= 15 is 0 Å². The average molecular weight is 379 g/mol. The van der Waals surface area contributed by atoms with E-state index in [1.807, 2.05) is 12.3 Å². The van der Waals surface area contributed by atoms with E-state index in [4.69, 9.17) is 0 Å². The first kappa shape index (κ1) is 17.2. The van der Waals surface area contributed by atoms with Gasteiger partial charge in [-0.3, -0.25) is 0 Å². The lowest BCUT2D eigenvalue weighted by Crippen LogP contribution is -3.12. The molecule has 3 aromatic rings. The normalized spacial score (nSPS) is 20.0. The minimum atomic E-state index is -4.67. The van der Waals surface area contributed by atoms with Gasteiger partial charge in [0, 0.05) is 28.6 Å². The zero-order valence-electron chi connectivity index (χ0n) is 13.8. The Kier molecular flexibility index (Phi) is 4.50. The van der Waals surface area contributed by atoms with Gasteiger partial charge in [0.1, 0.15) is 18.3 Å². The van der Waals surface area contributed by atoms with Crippen molar-refractivity contribution in [3.8, 4) is 5.75 Å². The van der Waals surface area contributed by atoms with Gasteiger partial charge in [0.2, 0.25) is 0 Å². The first-order chi connectivity index (χ1) is 12.5. The average Bonchev–Trinajstić information content (AvgIpc) is 3.25. The largest absolute Gasteiger partial charge is 0.573 e. The van der Waals surface area contributed by atoms with Crippen LogP contribution in [0.5, 0.6) is 5.75 Å². The standard InChI is InChI=1S/C19H17F3N2OS/c20-19(21,22)25-15-5-3-13(4-6-15)18-16-8-11-26-17(16)7-10-24(18)12-14-2-1-9-23-14/h1-6,8-9,11,18,23H,7,10,12H2/p+1/t18-/m1/s1. The molecule has 1 aliphatic heterocycles. The van der Waals surface area contributed by atoms with E-state index in [0.29, 0.717) is 0 Å². The molecule has 1 aromatic carbocycles. The van der Waals surface area contributed by atoms with Crippen molar-refractivity contribution in [2.45, 2.75) is 25.4 Å². The number of hydrogen-bond donors (Lipinski definition) is 2. The van der Waals surface area contributed by atoms with Gasteiger partial charge in [-0.1, -0.05) is 0 Å². The van der Waals surface area contributed by atoms with Crippen LogP contribution < -0.4 is 9.64 Å². The number of halogens is 3. The number of aromatic amines is 1. The second-order valence-electron chi connectivity index (χ2n) is 6.38. The van der Waals surface area contributed by atoms with Crippen molar-refractivity contribution in [1.82, 2.24) is 4.98 Å². The molecule has 3 heterocycles. The maximum atomic E-state index is 12.4. The molecule has 2 aromatic heterocycles. The van der Waals surface area contributed by atoms with Crippen molar-refractivity contribution in [2.75, 3.05) is 6.54 Å². The number of alkyl halides is 3. The molecular formula is C19H18F3N2OS+. The minimum Gasteiger partial charge on any atom is -0.406 e. The lowest BCUT2D eigenvalue weighted by molar-refractivity contribution is -0.941. The van der Waals surface area contributed by atoms with Crippen LogP contribution in [0, 0.1) is 0 Å². The molecule has 7 heteroatoms. The van der Waals surface area contributed by atoms with Crippen LogP contribution in [0.3, 0.4) is 0 Å². The molecule has 2 N–H and O–H groups in total. The van der Waals surface area contributed by atoms with Gasteiger partial charge < -0.3 is 14.6 Å². The molecule has 3 nitrogen and oxygen atoms in total. The van der Waals surface area contributed by atoms with E-state index in [1.165, 1.54) is 27.5 Å². The van der Waals surface area contributed by atoms with Crippen molar-refractivity contribution >= 4 is 11.3 Å². The molecule has 4 rings (SSSR count). The molecule has 26 heavy (non-hydrogen) atoms. The summed E-state index contributed by atoms with van der Waals surface area (Å²) in [5, 5.41) is 2.09. The highest BCUT2D eigenvalue weighted by atomic mass is 32.1. The molecule has 0 amide bonds. The summed E-state index contributed by atoms with van der Waals surface area (Å²) >= 11 is 1.75. The molecule has 0 saturated carbocycles. The molecular weight excluding hydrogens is 361 g/mol. The number of benzene rings is 1. The van der Waals surface area contributed by atoms with Crippen molar-refractivity contribution in [2.24, 2.45) is 0 Å². The number of thiophene rings is 1. The number of fused-ring (bicyclic) bond motifs is 1. The zero-order chi connectivity index (χ0) is 18.1. The fourth-order valence-electron chi connectivity index (χ4n) is 3.64. The first-order valence-corrected chi connectivity index (χ1v) is 9.26. The molecule has 0 fully saturated rings. The summed E-state index contributed by atoms with van der Waals surface area (Å²) in [6.45, 7) is 1.83. The predicted octanol–water partition coefficient (Wildman–Crippen LogP) is 3.71. The Morgan fingerprint density at radius 1 is 1.15 bits per heavy atom. The third kappa shape index (κ3) is 3.64. The van der Waals surface area contributed by atoms with Crippen LogP contribution in [0.4, 0.5) is 13.2 Å². The topological polar surface area (TPSA) is 29.5 Å². The van der Waals surface area contributed by atoms with E-state index < -0.39 is 6.36 Å². The van der Waals surface area contributed by atoms with Crippen molar-refractivity contribution in [3.05, 3.63) is 75.7 Å². The lowest BCUT2D eigenvalue weighted by Gasteiger charge is -2.33. The highest BCUT2D eigenvalue weighted by molar-refractivity contribution is 7.10. The molecule has 0 bridgehead atoms. The molecule has 0 radical (unpaired) electrons. The van der Waals surface area contributed by atoms with Gasteiger partial charge in [-0.05, 0) is 47.8 Å². The van der Waals surface area contributed by atoms with Crippen LogP contribution in [0.2, 0.25) is 0 Å². The fraction of sp³-hybridized carbons (Fsp3) is 0.263. The van der Waals surface area contributed by atoms with E-state index in [2.05, 4.69) is 27.2 Å². The maximum Gasteiger partial charge on any atom is 0.573 e. The number of rotatable bonds is 4. The van der Waals surface area contributed by atoms with E-state index in [9.17, 15) is 13.2 Å². The summed E-state index contributed by atoms with van der Waals surface area (Å²) in [4.78, 5) is 5.99. The maximum absolute atomic E-state index is 12.4. The van der Waals surface area contributed by atoms with Gasteiger partial charge in [0.25, 0.3) is 0 Å². The minimum absolute atomic E-state index is 0.105. The summed E-state index contributed by atoms with van der Waals surface area (Å²) in [6, 6.07) is 12.6. The molecule has 2 atom stereocenters. The van der Waals surface area contributed by atoms with Crippen LogP contribution in [-0.2, 0) is 13.0 Å². The van der Waals surface area contributed by atoms with E-state index in [1.54, 1.807) is 23.5 Å². The Labute approximate surface area is 153 Å². The second kappa shape index (κ2) is 6.81. The summed E-state index contributed by atoms with van der Waals surface area (Å²) in [6.07, 6.45) is -1.74. The molecule has 136 valence electrons. The van der Waals surface area contributed by atoms with Crippen LogP contribution in [0.25, 0.3) is 0 Å². The van der Waals surface area contributed by atoms with Gasteiger partial charge in [-0.2, -0.15) is 0 Å². The Balaban J connectivity index is 1.64. The molecule has 1 aliphatic rings. The smallest absolute Gasteiger partial charge is 0.406 e. The second-order valence-corrected chi connectivity index (χ2v) is 7.38. The van der Waals surface area contributed by atoms with Crippen LogP contribution in [0.1, 0.15) is 27.7 Å². The summed E-state index contributed by atoms with van der Waals surface area (Å²) in [5.74, 6) is -0.187. The van der Waals surface area contributed by atoms with Gasteiger partial charge in [-0.25, -0.2) is 0 Å². The van der Waals surface area contributed by atoms with Crippen molar-refractivity contribution < 1.29 is 22.8 Å². The number of aromatic nitrogens is 1. The number of ether oxygens (including phenoxy) is 1. The third-order valence-corrected chi connectivity index (χ3v) is 5.70. The highest BCUT2D eigenvalue weighted by Crippen LogP contribution is 2.31. The summed E-state index contributed by atoms with van der Waals surface area (Å²) < 4.78 is 41.2. The van der Waals surface area contributed by atoms with Crippen molar-refractivity contribution in [1.29, 1.82) is 0 Å². The number of hydrogen-bond acceptors (Lipinski definition) is 2. The third-order valence-electron chi connectivity index (χ3n) is 4.70. The molecule has 0 saturated heterocycles. The molecule has 0 aliphatic carbocycles. The van der Waals surface area contributed by atoms with Gasteiger partial charge in [0.15, 0.2) is 0 Å². The highest BCUT2D eigenvalue weighted by Gasteiger charge is 2.34. The Bertz CT molecular complexity index is 856. The van der Waals surface area contributed by atoms with Gasteiger partial charge >= 0.3 is 6.36 Å². The van der Waals surface area contributed by atoms with E-state index in [-0.39, 0.29) is 11.8 Å². The molecule has 0 spiro atoms. The van der Waals surface area contributed by atoms with Gasteiger partial charge in [0.05, 0.1) is 12.2 Å². The lowest BCUT2D eigenvalue weighted by atomic mass is 9.93. The van der Waals surface area contributed by atoms with E-state index in [0.717, 1.165) is 30.8 Å². The number of quaternary nitrogens is 1. The monoisotopic (exact) mass is 379 g/mol. The first-order valence-electron chi connectivity index (χ1n) is 8.38. The Morgan fingerprint density at radius 2 is 1.96 bits per heavy atom. The Morgan fingerprint density at radius 3 is 2.65 bits per heavy atom. The molecule has 1 unspecified atom stereocenters. The van der Waals surface area contributed by atoms with Gasteiger partial charge in [-0.15, -0.1) is 24.5 Å². The van der Waals surface area contributed by atoms with Crippen molar-refractivity contribution in [3.63, 3.8) is 0 Å². The SMILES string of the molecule is FC(F)(F)Oc1ccc([C@@H]2c3ccsc3CC[NH+]2Cc2ccc[nH]2)cc1. The van der Waals surface area contributed by atoms with Crippen LogP contribution in [-0.4, -0.2) is 17.9 Å². The predicted molar refractivity (Wildman–Crippen MR) is 93.3 cm³/mol. The Hall–Kier alpha value is -2.25. The fourth-order valence-corrected chi connectivity index (χ4v) is 4.56.